The number of anilines is 1. The third kappa shape index (κ3) is 6.25. The van der Waals surface area contributed by atoms with Crippen LogP contribution < -0.4 is 15.5 Å². The molecule has 0 aromatic heterocycles. The number of carbonyl (C=O) groups is 1. The zero-order valence-corrected chi connectivity index (χ0v) is 19.4. The summed E-state index contributed by atoms with van der Waals surface area (Å²) in [7, 11) is 3.89. The van der Waals surface area contributed by atoms with Gasteiger partial charge in [-0.3, -0.25) is 9.79 Å². The van der Waals surface area contributed by atoms with Gasteiger partial charge in [-0.15, -0.1) is 24.0 Å². The van der Waals surface area contributed by atoms with Crippen LogP contribution in [0, 0.1) is 5.92 Å². The second-order valence-electron chi connectivity index (χ2n) is 7.65. The summed E-state index contributed by atoms with van der Waals surface area (Å²) in [5.74, 6) is 1.45. The number of likely N-dealkylation sites (tertiary alicyclic amines) is 1. The molecule has 1 heterocycles. The molecule has 1 unspecified atom stereocenters. The minimum atomic E-state index is 0. The molecule has 1 aromatic carbocycles. The van der Waals surface area contributed by atoms with Crippen molar-refractivity contribution in [2.24, 2.45) is 10.9 Å². The number of amides is 1. The van der Waals surface area contributed by atoms with Crippen LogP contribution >= 0.6 is 24.0 Å². The van der Waals surface area contributed by atoms with Gasteiger partial charge >= 0.3 is 0 Å². The second-order valence-corrected chi connectivity index (χ2v) is 7.65. The SMILES string of the molecule is CN=C(NCCN(C)c1ccccc1)NC1CCN(C(=O)C2CCCC2)C1.I. The van der Waals surface area contributed by atoms with Crippen molar-refractivity contribution in [1.29, 1.82) is 0 Å². The molecule has 1 atom stereocenters. The first kappa shape index (κ1) is 22.8. The lowest BCUT2D eigenvalue weighted by Crippen LogP contribution is -2.47. The van der Waals surface area contributed by atoms with Gasteiger partial charge in [-0.2, -0.15) is 0 Å². The number of hydrogen-bond acceptors (Lipinski definition) is 3. The maximum Gasteiger partial charge on any atom is 0.225 e. The Bertz CT molecular complexity index is 633. The Morgan fingerprint density at radius 3 is 2.61 bits per heavy atom. The molecule has 2 aliphatic rings. The van der Waals surface area contributed by atoms with E-state index in [4.69, 9.17) is 0 Å². The van der Waals surface area contributed by atoms with Gasteiger partial charge in [0.2, 0.25) is 5.91 Å². The van der Waals surface area contributed by atoms with Crippen molar-refractivity contribution in [3.8, 4) is 0 Å². The van der Waals surface area contributed by atoms with E-state index >= 15 is 0 Å². The fourth-order valence-corrected chi connectivity index (χ4v) is 4.05. The first-order valence-electron chi connectivity index (χ1n) is 10.2. The van der Waals surface area contributed by atoms with E-state index in [9.17, 15) is 4.79 Å². The van der Waals surface area contributed by atoms with E-state index in [1.54, 1.807) is 7.05 Å². The Hall–Kier alpha value is -1.51. The lowest BCUT2D eigenvalue weighted by atomic mass is 10.1. The molecule has 156 valence electrons. The molecule has 7 heteroatoms. The van der Waals surface area contributed by atoms with Gasteiger partial charge in [0.05, 0.1) is 0 Å². The van der Waals surface area contributed by atoms with Gasteiger partial charge in [0.1, 0.15) is 0 Å². The van der Waals surface area contributed by atoms with E-state index in [1.807, 2.05) is 11.0 Å². The Balaban J connectivity index is 0.00000280. The number of guanidine groups is 1. The summed E-state index contributed by atoms with van der Waals surface area (Å²) in [5.41, 5.74) is 1.21. The van der Waals surface area contributed by atoms with Crippen LogP contribution in [0.5, 0.6) is 0 Å². The number of aliphatic imine (C=N–C) groups is 1. The molecule has 1 aromatic rings. The van der Waals surface area contributed by atoms with E-state index in [0.717, 1.165) is 51.4 Å². The predicted octanol–water partition coefficient (Wildman–Crippen LogP) is 2.70. The quantitative estimate of drug-likeness (QED) is 0.359. The highest BCUT2D eigenvalue weighted by molar-refractivity contribution is 14.0. The van der Waals surface area contributed by atoms with Crippen LogP contribution in [0.15, 0.2) is 35.3 Å². The van der Waals surface area contributed by atoms with E-state index in [1.165, 1.54) is 18.5 Å². The molecule has 1 aliphatic carbocycles. The van der Waals surface area contributed by atoms with Gasteiger partial charge in [-0.25, -0.2) is 0 Å². The van der Waals surface area contributed by atoms with Gasteiger partial charge in [-0.05, 0) is 31.4 Å². The molecule has 3 rings (SSSR count). The molecule has 0 bridgehead atoms. The number of para-hydroxylation sites is 1. The molecule has 1 saturated heterocycles. The first-order chi connectivity index (χ1) is 13.2. The number of hydrogen-bond donors (Lipinski definition) is 2. The largest absolute Gasteiger partial charge is 0.373 e. The smallest absolute Gasteiger partial charge is 0.225 e. The lowest BCUT2D eigenvalue weighted by molar-refractivity contribution is -0.134. The normalized spacial score (nSPS) is 20.0. The predicted molar refractivity (Wildman–Crippen MR) is 127 cm³/mol. The molecule has 28 heavy (non-hydrogen) atoms. The van der Waals surface area contributed by atoms with E-state index < -0.39 is 0 Å². The number of likely N-dealkylation sites (N-methyl/N-ethyl adjacent to an activating group) is 1. The maximum absolute atomic E-state index is 12.6. The number of benzene rings is 1. The van der Waals surface area contributed by atoms with Crippen LogP contribution in [-0.2, 0) is 4.79 Å². The van der Waals surface area contributed by atoms with Crippen molar-refractivity contribution in [2.75, 3.05) is 45.2 Å². The van der Waals surface area contributed by atoms with Gasteiger partial charge in [0.25, 0.3) is 0 Å². The standard InChI is InChI=1S/C21H33N5O.HI/c1-22-21(23-13-15-25(2)19-10-4-3-5-11-19)24-18-12-14-26(16-18)20(27)17-8-6-7-9-17;/h3-5,10-11,17-18H,6-9,12-16H2,1-2H3,(H2,22,23,24);1H. The summed E-state index contributed by atoms with van der Waals surface area (Å²) in [6.07, 6.45) is 5.56. The monoisotopic (exact) mass is 499 g/mol. The van der Waals surface area contributed by atoms with Crippen molar-refractivity contribution in [3.63, 3.8) is 0 Å². The molecular formula is C21H34IN5O. The van der Waals surface area contributed by atoms with Crippen molar-refractivity contribution < 1.29 is 4.79 Å². The van der Waals surface area contributed by atoms with Crippen molar-refractivity contribution in [3.05, 3.63) is 30.3 Å². The van der Waals surface area contributed by atoms with E-state index in [0.29, 0.717) is 5.91 Å². The van der Waals surface area contributed by atoms with Crippen LogP contribution in [0.25, 0.3) is 0 Å². The second kappa shape index (κ2) is 11.5. The number of nitrogens with zero attached hydrogens (tertiary/aromatic N) is 3. The topological polar surface area (TPSA) is 60.0 Å². The van der Waals surface area contributed by atoms with Crippen LogP contribution in [-0.4, -0.2) is 63.1 Å². The Morgan fingerprint density at radius 1 is 1.21 bits per heavy atom. The number of nitrogens with one attached hydrogen (secondary N) is 2. The molecule has 6 nitrogen and oxygen atoms in total. The summed E-state index contributed by atoms with van der Waals surface area (Å²) in [4.78, 5) is 21.2. The lowest BCUT2D eigenvalue weighted by Gasteiger charge is -2.23. The van der Waals surface area contributed by atoms with Gasteiger partial charge in [-0.1, -0.05) is 31.0 Å². The number of halogens is 1. The van der Waals surface area contributed by atoms with Gasteiger partial charge in [0, 0.05) is 57.9 Å². The molecule has 0 spiro atoms. The molecular weight excluding hydrogens is 465 g/mol. The Morgan fingerprint density at radius 2 is 1.93 bits per heavy atom. The summed E-state index contributed by atoms with van der Waals surface area (Å²) in [5, 5.41) is 6.87. The van der Waals surface area contributed by atoms with Gasteiger partial charge in [0.15, 0.2) is 5.96 Å². The van der Waals surface area contributed by atoms with Crippen LogP contribution in [0.2, 0.25) is 0 Å². The minimum Gasteiger partial charge on any atom is -0.373 e. The third-order valence-electron chi connectivity index (χ3n) is 5.71. The first-order valence-corrected chi connectivity index (χ1v) is 10.2. The Kier molecular flexibility index (Phi) is 9.34. The summed E-state index contributed by atoms with van der Waals surface area (Å²) in [6, 6.07) is 10.7. The molecule has 2 N–H and O–H groups in total. The number of carbonyl (C=O) groups excluding carboxylic acids is 1. The van der Waals surface area contributed by atoms with E-state index in [2.05, 4.69) is 51.8 Å². The average molecular weight is 499 g/mol. The molecule has 1 amide bonds. The van der Waals surface area contributed by atoms with Gasteiger partial charge < -0.3 is 20.4 Å². The summed E-state index contributed by atoms with van der Waals surface area (Å²) in [6.45, 7) is 3.35. The molecule has 0 radical (unpaired) electrons. The van der Waals surface area contributed by atoms with Crippen molar-refractivity contribution in [1.82, 2.24) is 15.5 Å². The van der Waals surface area contributed by atoms with Crippen LogP contribution in [0.1, 0.15) is 32.1 Å². The highest BCUT2D eigenvalue weighted by Gasteiger charge is 2.32. The van der Waals surface area contributed by atoms with E-state index in [-0.39, 0.29) is 35.9 Å². The zero-order chi connectivity index (χ0) is 19.1. The summed E-state index contributed by atoms with van der Waals surface area (Å²) >= 11 is 0. The maximum atomic E-state index is 12.6. The van der Waals surface area contributed by atoms with Crippen LogP contribution in [0.4, 0.5) is 5.69 Å². The fourth-order valence-electron chi connectivity index (χ4n) is 4.05. The fraction of sp³-hybridized carbons (Fsp3) is 0.619. The Labute approximate surface area is 186 Å². The average Bonchev–Trinajstić information content (AvgIpc) is 3.39. The molecule has 2 fully saturated rings. The molecule has 1 aliphatic heterocycles. The minimum absolute atomic E-state index is 0. The highest BCUT2D eigenvalue weighted by Crippen LogP contribution is 2.27. The highest BCUT2D eigenvalue weighted by atomic mass is 127. The van der Waals surface area contributed by atoms with Crippen LogP contribution in [0.3, 0.4) is 0 Å². The molecule has 1 saturated carbocycles. The third-order valence-corrected chi connectivity index (χ3v) is 5.71. The van der Waals surface area contributed by atoms with Crippen molar-refractivity contribution >= 4 is 41.5 Å². The zero-order valence-electron chi connectivity index (χ0n) is 17.1. The summed E-state index contributed by atoms with van der Waals surface area (Å²) < 4.78 is 0. The van der Waals surface area contributed by atoms with Crippen molar-refractivity contribution in [2.45, 2.75) is 38.1 Å². The number of rotatable bonds is 6.